The monoisotopic (exact) mass is 356 g/mol. The third-order valence-electron chi connectivity index (χ3n) is 4.97. The largest absolute Gasteiger partial charge is 0.388 e. The van der Waals surface area contributed by atoms with Gasteiger partial charge in [-0.25, -0.2) is 5.01 Å². The highest BCUT2D eigenvalue weighted by atomic mass is 16.2. The van der Waals surface area contributed by atoms with Gasteiger partial charge in [0, 0.05) is 31.1 Å². The highest BCUT2D eigenvalue weighted by Gasteiger charge is 2.34. The maximum absolute atomic E-state index is 12.1. The van der Waals surface area contributed by atoms with Crippen LogP contribution in [0.25, 0.3) is 0 Å². The van der Waals surface area contributed by atoms with E-state index in [0.29, 0.717) is 13.0 Å². The lowest BCUT2D eigenvalue weighted by Crippen LogP contribution is -2.47. The summed E-state index contributed by atoms with van der Waals surface area (Å²) in [5.74, 6) is -0.0452. The molecule has 2 fully saturated rings. The molecule has 0 spiro atoms. The molecule has 6 nitrogen and oxygen atoms in total. The third-order valence-corrected chi connectivity index (χ3v) is 4.97. The van der Waals surface area contributed by atoms with Crippen LogP contribution in [-0.4, -0.2) is 36.8 Å². The van der Waals surface area contributed by atoms with Crippen LogP contribution in [0.2, 0.25) is 0 Å². The zero-order valence-electron chi connectivity index (χ0n) is 15.4. The van der Waals surface area contributed by atoms with E-state index in [9.17, 15) is 9.59 Å². The first-order valence-corrected chi connectivity index (χ1v) is 9.32. The summed E-state index contributed by atoms with van der Waals surface area (Å²) in [6, 6.07) is 11.8. The topological polar surface area (TPSA) is 85.2 Å². The Morgan fingerprint density at radius 3 is 2.46 bits per heavy atom. The van der Waals surface area contributed by atoms with Gasteiger partial charge in [-0.1, -0.05) is 37.5 Å². The minimum atomic E-state index is -0.368. The molecule has 1 aromatic rings. The second-order valence-electron chi connectivity index (χ2n) is 6.86. The molecule has 2 aliphatic rings. The van der Waals surface area contributed by atoms with Crippen molar-refractivity contribution in [2.24, 2.45) is 11.8 Å². The SMILES string of the molecule is CNc1ccccc1.N#CC1CC(C=O)CN1NC(=O)C1CCCCC1. The summed E-state index contributed by atoms with van der Waals surface area (Å²) in [4.78, 5) is 22.8. The van der Waals surface area contributed by atoms with Gasteiger partial charge < -0.3 is 10.1 Å². The van der Waals surface area contributed by atoms with Gasteiger partial charge in [-0.05, 0) is 31.4 Å². The normalized spacial score (nSPS) is 23.2. The Bertz CT molecular complexity index is 608. The molecule has 0 bridgehead atoms. The second-order valence-corrected chi connectivity index (χ2v) is 6.86. The number of hydrogen-bond acceptors (Lipinski definition) is 5. The summed E-state index contributed by atoms with van der Waals surface area (Å²) in [6.07, 6.45) is 6.69. The molecular weight excluding hydrogens is 328 g/mol. The molecule has 1 aliphatic heterocycles. The number of amides is 1. The number of hydrogen-bond donors (Lipinski definition) is 2. The molecule has 2 unspecified atom stereocenters. The van der Waals surface area contributed by atoms with Gasteiger partial charge in [0.25, 0.3) is 0 Å². The van der Waals surface area contributed by atoms with Crippen LogP contribution in [0.3, 0.4) is 0 Å². The second kappa shape index (κ2) is 10.6. The van der Waals surface area contributed by atoms with Crippen molar-refractivity contribution in [1.29, 1.82) is 5.26 Å². The van der Waals surface area contributed by atoms with Crippen molar-refractivity contribution in [3.8, 4) is 6.07 Å². The van der Waals surface area contributed by atoms with Crippen LogP contribution in [0.15, 0.2) is 30.3 Å². The first-order chi connectivity index (χ1) is 12.7. The Morgan fingerprint density at radius 1 is 1.23 bits per heavy atom. The van der Waals surface area contributed by atoms with E-state index in [1.165, 1.54) is 6.42 Å². The number of nitriles is 1. The first-order valence-electron chi connectivity index (χ1n) is 9.32. The zero-order chi connectivity index (χ0) is 18.8. The molecular formula is C20H28N4O2. The summed E-state index contributed by atoms with van der Waals surface area (Å²) >= 11 is 0. The lowest BCUT2D eigenvalue weighted by Gasteiger charge is -2.26. The van der Waals surface area contributed by atoms with Crippen LogP contribution >= 0.6 is 0 Å². The van der Waals surface area contributed by atoms with Gasteiger partial charge in [0.2, 0.25) is 5.91 Å². The number of carbonyl (C=O) groups is 2. The van der Waals surface area contributed by atoms with Crippen molar-refractivity contribution < 1.29 is 9.59 Å². The van der Waals surface area contributed by atoms with Crippen LogP contribution in [0, 0.1) is 23.2 Å². The Hall–Kier alpha value is -2.39. The Labute approximate surface area is 155 Å². The molecule has 140 valence electrons. The van der Waals surface area contributed by atoms with E-state index in [1.54, 1.807) is 5.01 Å². The molecule has 26 heavy (non-hydrogen) atoms. The third kappa shape index (κ3) is 5.85. The number of anilines is 1. The number of carbonyl (C=O) groups excluding carboxylic acids is 2. The number of aldehydes is 1. The van der Waals surface area contributed by atoms with E-state index in [4.69, 9.17) is 5.26 Å². The fourth-order valence-electron chi connectivity index (χ4n) is 3.42. The average Bonchev–Trinajstić information content (AvgIpc) is 3.11. The van der Waals surface area contributed by atoms with E-state index in [-0.39, 0.29) is 23.8 Å². The van der Waals surface area contributed by atoms with Crippen molar-refractivity contribution in [2.45, 2.75) is 44.6 Å². The van der Waals surface area contributed by atoms with Crippen molar-refractivity contribution in [1.82, 2.24) is 10.4 Å². The smallest absolute Gasteiger partial charge is 0.237 e. The lowest BCUT2D eigenvalue weighted by molar-refractivity contribution is -0.131. The van der Waals surface area contributed by atoms with Crippen LogP contribution < -0.4 is 10.7 Å². The summed E-state index contributed by atoms with van der Waals surface area (Å²) < 4.78 is 0. The molecule has 0 aromatic heterocycles. The standard InChI is InChI=1S/C13H19N3O2.C7H9N/c14-7-12-6-10(9-17)8-16(12)15-13(18)11-4-2-1-3-5-11;1-8-7-5-3-2-4-6-7/h9-12H,1-6,8H2,(H,15,18);2-6,8H,1H3. The van der Waals surface area contributed by atoms with Gasteiger partial charge in [0.15, 0.2) is 0 Å². The predicted octanol–water partition coefficient (Wildman–Crippen LogP) is 2.74. The minimum absolute atomic E-state index is 0.0153. The van der Waals surface area contributed by atoms with E-state index < -0.39 is 0 Å². The van der Waals surface area contributed by atoms with Crippen molar-refractivity contribution in [2.75, 3.05) is 18.9 Å². The highest BCUT2D eigenvalue weighted by Crippen LogP contribution is 2.25. The molecule has 1 saturated heterocycles. The summed E-state index contributed by atoms with van der Waals surface area (Å²) in [5.41, 5.74) is 3.99. The summed E-state index contributed by atoms with van der Waals surface area (Å²) in [6.45, 7) is 0.459. The maximum Gasteiger partial charge on any atom is 0.237 e. The molecule has 1 saturated carbocycles. The van der Waals surface area contributed by atoms with Gasteiger partial charge in [-0.3, -0.25) is 10.2 Å². The first kappa shape index (κ1) is 19.9. The molecule has 2 atom stereocenters. The van der Waals surface area contributed by atoms with E-state index in [1.807, 2.05) is 37.4 Å². The van der Waals surface area contributed by atoms with Crippen LogP contribution in [0.1, 0.15) is 38.5 Å². The number of para-hydroxylation sites is 1. The number of benzene rings is 1. The van der Waals surface area contributed by atoms with Gasteiger partial charge in [0.05, 0.1) is 6.07 Å². The van der Waals surface area contributed by atoms with E-state index in [2.05, 4.69) is 16.8 Å². The van der Waals surface area contributed by atoms with E-state index >= 15 is 0 Å². The van der Waals surface area contributed by atoms with Crippen molar-refractivity contribution in [3.63, 3.8) is 0 Å². The number of hydrazine groups is 1. The average molecular weight is 356 g/mol. The van der Waals surface area contributed by atoms with Crippen molar-refractivity contribution >= 4 is 17.9 Å². The molecule has 3 rings (SSSR count). The Balaban J connectivity index is 0.000000254. The molecule has 2 N–H and O–H groups in total. The molecule has 6 heteroatoms. The maximum atomic E-state index is 12.1. The molecule has 1 heterocycles. The molecule has 1 aliphatic carbocycles. The van der Waals surface area contributed by atoms with E-state index in [0.717, 1.165) is 37.7 Å². The fourth-order valence-corrected chi connectivity index (χ4v) is 3.42. The molecule has 0 radical (unpaired) electrons. The number of nitrogens with zero attached hydrogens (tertiary/aromatic N) is 2. The van der Waals surface area contributed by atoms with Gasteiger partial charge in [-0.15, -0.1) is 0 Å². The number of nitrogens with one attached hydrogen (secondary N) is 2. The zero-order valence-corrected chi connectivity index (χ0v) is 15.4. The van der Waals surface area contributed by atoms with Crippen LogP contribution in [0.4, 0.5) is 5.69 Å². The number of rotatable bonds is 4. The van der Waals surface area contributed by atoms with Crippen molar-refractivity contribution in [3.05, 3.63) is 30.3 Å². The molecule has 1 aromatic carbocycles. The quantitative estimate of drug-likeness (QED) is 0.810. The van der Waals surface area contributed by atoms with Gasteiger partial charge in [-0.2, -0.15) is 5.26 Å². The minimum Gasteiger partial charge on any atom is -0.388 e. The fraction of sp³-hybridized carbons (Fsp3) is 0.550. The van der Waals surface area contributed by atoms with Crippen LogP contribution in [0.5, 0.6) is 0 Å². The summed E-state index contributed by atoms with van der Waals surface area (Å²) in [7, 11) is 1.91. The van der Waals surface area contributed by atoms with Gasteiger partial charge >= 0.3 is 0 Å². The highest BCUT2D eigenvalue weighted by molar-refractivity contribution is 5.78. The molecule has 1 amide bonds. The van der Waals surface area contributed by atoms with Gasteiger partial charge in [0.1, 0.15) is 12.3 Å². The summed E-state index contributed by atoms with van der Waals surface area (Å²) in [5, 5.41) is 13.7. The Kier molecular flexibility index (Phi) is 8.10. The lowest BCUT2D eigenvalue weighted by atomic mass is 9.89. The Morgan fingerprint density at radius 2 is 1.92 bits per heavy atom. The van der Waals surface area contributed by atoms with Crippen LogP contribution in [-0.2, 0) is 9.59 Å². The predicted molar refractivity (Wildman–Crippen MR) is 101 cm³/mol.